The zero-order chi connectivity index (χ0) is 20.8. The normalized spacial score (nSPS) is 11.7. The summed E-state index contributed by atoms with van der Waals surface area (Å²) < 4.78 is 10.5. The Morgan fingerprint density at radius 1 is 0.929 bits per heavy atom. The maximum absolute atomic E-state index is 12.5. The molecule has 0 spiro atoms. The number of aryl methyl sites for hydroxylation is 1. The van der Waals surface area contributed by atoms with Gasteiger partial charge < -0.3 is 20.1 Å². The molecule has 2 rings (SSSR count). The monoisotopic (exact) mass is 384 g/mol. The van der Waals surface area contributed by atoms with Gasteiger partial charge in [0.15, 0.2) is 11.5 Å². The van der Waals surface area contributed by atoms with Gasteiger partial charge in [-0.2, -0.15) is 0 Å². The molecular formula is C22H28N2O4. The summed E-state index contributed by atoms with van der Waals surface area (Å²) in [6.45, 7) is 7.80. The number of carbonyl (C=O) groups is 2. The van der Waals surface area contributed by atoms with E-state index in [0.717, 1.165) is 16.7 Å². The molecule has 0 saturated heterocycles. The number of benzene rings is 2. The van der Waals surface area contributed by atoms with Crippen LogP contribution in [-0.4, -0.2) is 26.0 Å². The number of para-hydroxylation sites is 1. The molecule has 0 aliphatic heterocycles. The van der Waals surface area contributed by atoms with E-state index in [-0.39, 0.29) is 12.0 Å². The van der Waals surface area contributed by atoms with E-state index in [1.54, 1.807) is 33.3 Å². The van der Waals surface area contributed by atoms with Gasteiger partial charge in [0.05, 0.1) is 20.3 Å². The van der Waals surface area contributed by atoms with Crippen LogP contribution in [0.5, 0.6) is 11.5 Å². The molecule has 1 unspecified atom stereocenters. The molecule has 2 aromatic rings. The van der Waals surface area contributed by atoms with Crippen LogP contribution in [0, 0.1) is 6.92 Å². The van der Waals surface area contributed by atoms with E-state index in [2.05, 4.69) is 10.6 Å². The number of carbonyl (C=O) groups excluding carboxylic acids is 2. The lowest BCUT2D eigenvalue weighted by Crippen LogP contribution is -2.37. The number of hydrogen-bond acceptors (Lipinski definition) is 4. The van der Waals surface area contributed by atoms with Gasteiger partial charge in [-0.1, -0.05) is 38.1 Å². The van der Waals surface area contributed by atoms with Crippen LogP contribution in [0.25, 0.3) is 0 Å². The second-order valence-corrected chi connectivity index (χ2v) is 6.96. The molecule has 0 radical (unpaired) electrons. The number of amides is 2. The second-order valence-electron chi connectivity index (χ2n) is 6.96. The first kappa shape index (κ1) is 21.3. The molecule has 6 heteroatoms. The van der Waals surface area contributed by atoms with Crippen molar-refractivity contribution in [2.45, 2.75) is 39.7 Å². The quantitative estimate of drug-likeness (QED) is 0.740. The first-order valence-corrected chi connectivity index (χ1v) is 9.21. The van der Waals surface area contributed by atoms with Crippen molar-refractivity contribution < 1.29 is 19.1 Å². The van der Waals surface area contributed by atoms with Crippen LogP contribution >= 0.6 is 0 Å². The van der Waals surface area contributed by atoms with Crippen LogP contribution in [0.4, 0.5) is 5.69 Å². The second kappa shape index (κ2) is 9.26. The van der Waals surface area contributed by atoms with E-state index in [0.29, 0.717) is 17.2 Å². The molecule has 0 saturated carbocycles. The number of nitrogens with one attached hydrogen (secondary N) is 2. The Bertz CT molecular complexity index is 862. The molecule has 1 atom stereocenters. The van der Waals surface area contributed by atoms with Crippen LogP contribution in [0.15, 0.2) is 36.4 Å². The minimum atomic E-state index is -0.694. The Morgan fingerprint density at radius 2 is 1.61 bits per heavy atom. The topological polar surface area (TPSA) is 76.7 Å². The zero-order valence-electron chi connectivity index (χ0n) is 17.3. The fraction of sp³-hybridized carbons (Fsp3) is 0.364. The summed E-state index contributed by atoms with van der Waals surface area (Å²) in [6.07, 6.45) is 0. The fourth-order valence-corrected chi connectivity index (χ4v) is 2.98. The smallest absolute Gasteiger partial charge is 0.313 e. The molecular weight excluding hydrogens is 356 g/mol. The lowest BCUT2D eigenvalue weighted by molar-refractivity contribution is -0.136. The van der Waals surface area contributed by atoms with Gasteiger partial charge in [-0.25, -0.2) is 0 Å². The Morgan fingerprint density at radius 3 is 2.21 bits per heavy atom. The third kappa shape index (κ3) is 4.82. The number of methoxy groups -OCH3 is 2. The first-order valence-electron chi connectivity index (χ1n) is 9.21. The van der Waals surface area contributed by atoms with E-state index in [4.69, 9.17) is 9.47 Å². The lowest BCUT2D eigenvalue weighted by atomic mass is 9.98. The number of rotatable bonds is 6. The summed E-state index contributed by atoms with van der Waals surface area (Å²) in [4.78, 5) is 24.9. The predicted octanol–water partition coefficient (Wildman–Crippen LogP) is 3.95. The fourth-order valence-electron chi connectivity index (χ4n) is 2.98. The van der Waals surface area contributed by atoms with Gasteiger partial charge in [0.1, 0.15) is 0 Å². The summed E-state index contributed by atoms with van der Waals surface area (Å²) in [6, 6.07) is 10.8. The highest BCUT2D eigenvalue weighted by molar-refractivity contribution is 6.39. The molecule has 150 valence electrons. The van der Waals surface area contributed by atoms with Crippen LogP contribution in [0.1, 0.15) is 49.4 Å². The van der Waals surface area contributed by atoms with Crippen molar-refractivity contribution in [2.75, 3.05) is 19.5 Å². The third-order valence-electron chi connectivity index (χ3n) is 4.63. The van der Waals surface area contributed by atoms with Gasteiger partial charge in [0, 0.05) is 5.69 Å². The largest absolute Gasteiger partial charge is 0.493 e. The van der Waals surface area contributed by atoms with Gasteiger partial charge in [-0.15, -0.1) is 0 Å². The SMILES string of the molecule is COc1ccc(C(C)NC(=O)C(=O)Nc2c(C)cccc2C(C)C)cc1OC. The van der Waals surface area contributed by atoms with Crippen molar-refractivity contribution in [3.63, 3.8) is 0 Å². The third-order valence-corrected chi connectivity index (χ3v) is 4.63. The molecule has 0 aromatic heterocycles. The highest BCUT2D eigenvalue weighted by Gasteiger charge is 2.20. The highest BCUT2D eigenvalue weighted by atomic mass is 16.5. The van der Waals surface area contributed by atoms with Crippen molar-refractivity contribution in [3.05, 3.63) is 53.1 Å². The van der Waals surface area contributed by atoms with Gasteiger partial charge in [-0.05, 0) is 48.6 Å². The number of hydrogen-bond donors (Lipinski definition) is 2. The summed E-state index contributed by atoms with van der Waals surface area (Å²) in [5.74, 6) is 0.00282. The van der Waals surface area contributed by atoms with Crippen molar-refractivity contribution in [3.8, 4) is 11.5 Å². The number of ether oxygens (including phenoxy) is 2. The summed E-state index contributed by atoms with van der Waals surface area (Å²) in [5.41, 5.74) is 3.41. The maximum Gasteiger partial charge on any atom is 0.313 e. The molecule has 6 nitrogen and oxygen atoms in total. The van der Waals surface area contributed by atoms with Crippen LogP contribution in [-0.2, 0) is 9.59 Å². The van der Waals surface area contributed by atoms with Gasteiger partial charge in [0.2, 0.25) is 0 Å². The van der Waals surface area contributed by atoms with Crippen molar-refractivity contribution in [1.29, 1.82) is 0 Å². The average molecular weight is 384 g/mol. The van der Waals surface area contributed by atoms with Gasteiger partial charge >= 0.3 is 11.8 Å². The molecule has 2 amide bonds. The maximum atomic E-state index is 12.5. The summed E-state index contributed by atoms with van der Waals surface area (Å²) in [5, 5.41) is 5.49. The molecule has 0 heterocycles. The molecule has 2 N–H and O–H groups in total. The summed E-state index contributed by atoms with van der Waals surface area (Å²) >= 11 is 0. The van der Waals surface area contributed by atoms with E-state index >= 15 is 0 Å². The van der Waals surface area contributed by atoms with E-state index in [1.165, 1.54) is 0 Å². The van der Waals surface area contributed by atoms with E-state index in [1.807, 2.05) is 45.0 Å². The van der Waals surface area contributed by atoms with Crippen molar-refractivity contribution in [2.24, 2.45) is 0 Å². The Hall–Kier alpha value is -3.02. The Balaban J connectivity index is 2.12. The predicted molar refractivity (Wildman–Crippen MR) is 110 cm³/mol. The zero-order valence-corrected chi connectivity index (χ0v) is 17.3. The molecule has 28 heavy (non-hydrogen) atoms. The average Bonchev–Trinajstić information content (AvgIpc) is 2.68. The standard InChI is InChI=1S/C22H28N2O4/c1-13(2)17-9-7-8-14(3)20(17)24-22(26)21(25)23-15(4)16-10-11-18(27-5)19(12-16)28-6/h7-13,15H,1-6H3,(H,23,25)(H,24,26). The van der Waals surface area contributed by atoms with Gasteiger partial charge in [-0.3, -0.25) is 9.59 Å². The van der Waals surface area contributed by atoms with E-state index < -0.39 is 11.8 Å². The molecule has 0 fully saturated rings. The molecule has 0 aliphatic rings. The molecule has 0 aliphatic carbocycles. The lowest BCUT2D eigenvalue weighted by Gasteiger charge is -2.18. The van der Waals surface area contributed by atoms with Crippen LogP contribution in [0.2, 0.25) is 0 Å². The first-order chi connectivity index (χ1) is 13.3. The van der Waals surface area contributed by atoms with Crippen LogP contribution in [0.3, 0.4) is 0 Å². The molecule has 2 aromatic carbocycles. The minimum absolute atomic E-state index is 0.226. The summed E-state index contributed by atoms with van der Waals surface area (Å²) in [7, 11) is 3.11. The Kier molecular flexibility index (Phi) is 7.04. The van der Waals surface area contributed by atoms with Crippen molar-refractivity contribution in [1.82, 2.24) is 5.32 Å². The number of anilines is 1. The Labute approximate surface area is 166 Å². The molecule has 0 bridgehead atoms. The van der Waals surface area contributed by atoms with Crippen molar-refractivity contribution >= 4 is 17.5 Å². The highest BCUT2D eigenvalue weighted by Crippen LogP contribution is 2.30. The van der Waals surface area contributed by atoms with Gasteiger partial charge in [0.25, 0.3) is 0 Å². The van der Waals surface area contributed by atoms with E-state index in [9.17, 15) is 9.59 Å². The van der Waals surface area contributed by atoms with Crippen LogP contribution < -0.4 is 20.1 Å². The minimum Gasteiger partial charge on any atom is -0.493 e.